The number of nitrogens with zero attached hydrogens (tertiary/aromatic N) is 2. The summed E-state index contributed by atoms with van der Waals surface area (Å²) < 4.78 is 23.2. The molecule has 0 aliphatic rings. The van der Waals surface area contributed by atoms with Crippen molar-refractivity contribution in [3.8, 4) is 0 Å². The van der Waals surface area contributed by atoms with Crippen LogP contribution >= 0.6 is 0 Å². The standard InChI is InChI=1S/C12H8N2.2H2O.O.V/c1-3-9-5-6-10-4-2-8-14-12(10)11(9)13-7-1;;;;/h1-8H;2*1H2;;/q;;;;+2/p-2. The molecule has 18 heavy (non-hydrogen) atoms. The van der Waals surface area contributed by atoms with E-state index in [2.05, 4.69) is 34.2 Å². The second-order valence-corrected chi connectivity index (χ2v) is 4.26. The maximum Gasteiger partial charge on any atom is 0.0964 e. The summed E-state index contributed by atoms with van der Waals surface area (Å²) in [7, 11) is 0. The number of aromatic nitrogens is 2. The summed E-state index contributed by atoms with van der Waals surface area (Å²) in [6, 6.07) is 12.1. The van der Waals surface area contributed by atoms with Gasteiger partial charge in [-0.05, 0) is 12.1 Å². The Morgan fingerprint density at radius 1 is 0.833 bits per heavy atom. The van der Waals surface area contributed by atoms with Crippen molar-refractivity contribution in [3.05, 3.63) is 48.8 Å². The number of pyridine rings is 2. The largest absolute Gasteiger partial charge is 0.254 e. The molecule has 5 nitrogen and oxygen atoms in total. The molecule has 0 fully saturated rings. The molecule has 91 valence electrons. The van der Waals surface area contributed by atoms with Gasteiger partial charge in [-0.25, -0.2) is 0 Å². The molecule has 0 saturated carbocycles. The van der Waals surface area contributed by atoms with Gasteiger partial charge in [-0.15, -0.1) is 0 Å². The van der Waals surface area contributed by atoms with Crippen molar-refractivity contribution in [1.29, 1.82) is 0 Å². The third kappa shape index (κ3) is 2.97. The van der Waals surface area contributed by atoms with Crippen LogP contribution in [0.25, 0.3) is 21.8 Å². The predicted octanol–water partition coefficient (Wildman–Crippen LogP) is 1.55. The van der Waals surface area contributed by atoms with E-state index in [1.165, 1.54) is 0 Å². The Balaban J connectivity index is 0.000000267. The summed E-state index contributed by atoms with van der Waals surface area (Å²) >= 11 is -3.44. The number of hydrogen-bond donors (Lipinski definition) is 2. The van der Waals surface area contributed by atoms with Crippen molar-refractivity contribution in [2.75, 3.05) is 0 Å². The van der Waals surface area contributed by atoms with Gasteiger partial charge < -0.3 is 0 Å². The molecule has 0 radical (unpaired) electrons. The van der Waals surface area contributed by atoms with E-state index in [0.29, 0.717) is 0 Å². The van der Waals surface area contributed by atoms with E-state index < -0.39 is 15.8 Å². The molecule has 3 aromatic rings. The third-order valence-electron chi connectivity index (χ3n) is 2.34. The average Bonchev–Trinajstić information content (AvgIpc) is 2.38. The third-order valence-corrected chi connectivity index (χ3v) is 2.34. The monoisotopic (exact) mass is 281 g/mol. The zero-order chi connectivity index (χ0) is 13.0. The van der Waals surface area contributed by atoms with Crippen LogP contribution in [0.15, 0.2) is 48.8 Å². The molecule has 0 aliphatic carbocycles. The van der Waals surface area contributed by atoms with Gasteiger partial charge in [0.05, 0.1) is 11.0 Å². The first-order chi connectivity index (χ1) is 8.68. The van der Waals surface area contributed by atoms with E-state index in [1.807, 2.05) is 12.1 Å². The van der Waals surface area contributed by atoms with E-state index in [4.69, 9.17) is 11.7 Å². The first-order valence-corrected chi connectivity index (χ1v) is 6.94. The quantitative estimate of drug-likeness (QED) is 0.611. The summed E-state index contributed by atoms with van der Waals surface area (Å²) in [6.45, 7) is 0. The molecule has 0 spiro atoms. The van der Waals surface area contributed by atoms with Crippen molar-refractivity contribution in [2.24, 2.45) is 0 Å². The minimum absolute atomic E-state index is 0.977. The molecule has 0 atom stereocenters. The summed E-state index contributed by atoms with van der Waals surface area (Å²) in [5.41, 5.74) is 1.95. The second kappa shape index (κ2) is 5.79. The first-order valence-electron chi connectivity index (χ1n) is 5.12. The normalized spacial score (nSPS) is 9.89. The van der Waals surface area contributed by atoms with E-state index in [0.717, 1.165) is 21.8 Å². The molecule has 0 aliphatic heterocycles. The molecule has 2 N–H and O–H groups in total. The fraction of sp³-hybridized carbons (Fsp3) is 0. The molecule has 1 aromatic carbocycles. The summed E-state index contributed by atoms with van der Waals surface area (Å²) in [4.78, 5) is 8.69. The molecule has 0 unspecified atom stereocenters. The van der Waals surface area contributed by atoms with E-state index in [-0.39, 0.29) is 0 Å². The first kappa shape index (κ1) is 12.8. The Hall–Kier alpha value is -1.66. The van der Waals surface area contributed by atoms with Crippen LogP contribution in [0.2, 0.25) is 0 Å². The Morgan fingerprint density at radius 3 is 1.61 bits per heavy atom. The maximum atomic E-state index is 8.78. The van der Waals surface area contributed by atoms with E-state index >= 15 is 0 Å². The van der Waals surface area contributed by atoms with Gasteiger partial charge in [-0.2, -0.15) is 0 Å². The molecule has 0 amide bonds. The smallest absolute Gasteiger partial charge is 0.0964 e. The van der Waals surface area contributed by atoms with Gasteiger partial charge >= 0.3 is 27.5 Å². The van der Waals surface area contributed by atoms with Crippen LogP contribution in [0.1, 0.15) is 0 Å². The van der Waals surface area contributed by atoms with Gasteiger partial charge in [0, 0.05) is 23.2 Å². The molecule has 3 rings (SSSR count). The summed E-state index contributed by atoms with van der Waals surface area (Å²) in [6.07, 6.45) is 3.60. The van der Waals surface area contributed by atoms with Crippen molar-refractivity contribution in [1.82, 2.24) is 9.97 Å². The van der Waals surface area contributed by atoms with Crippen molar-refractivity contribution in [2.45, 2.75) is 0 Å². The number of benzene rings is 1. The second-order valence-electron chi connectivity index (χ2n) is 3.47. The molecule has 6 heteroatoms. The fourth-order valence-corrected chi connectivity index (χ4v) is 1.68. The van der Waals surface area contributed by atoms with Crippen LogP contribution in [0.3, 0.4) is 0 Å². The number of rotatable bonds is 0. The molecular weight excluding hydrogens is 271 g/mol. The molecular formula is C12H10N2O3V. The van der Waals surface area contributed by atoms with Crippen LogP contribution in [0.4, 0.5) is 0 Å². The Kier molecular flexibility index (Phi) is 4.12. The maximum absolute atomic E-state index is 8.78. The van der Waals surface area contributed by atoms with Crippen molar-refractivity contribution < 1.29 is 27.5 Å². The number of fused-ring (bicyclic) bond motifs is 3. The van der Waals surface area contributed by atoms with Gasteiger partial charge in [0.25, 0.3) is 0 Å². The SMILES string of the molecule is [O]=[V]([OH])[OH].c1cnc2c(c1)ccc1cccnc12. The minimum atomic E-state index is -3.44. The zero-order valence-electron chi connectivity index (χ0n) is 9.26. The van der Waals surface area contributed by atoms with Crippen molar-refractivity contribution in [3.63, 3.8) is 0 Å². The van der Waals surface area contributed by atoms with Gasteiger partial charge in [-0.3, -0.25) is 9.97 Å². The van der Waals surface area contributed by atoms with Gasteiger partial charge in [-0.1, -0.05) is 24.3 Å². The fourth-order valence-electron chi connectivity index (χ4n) is 1.68. The average molecular weight is 281 g/mol. The van der Waals surface area contributed by atoms with Crippen molar-refractivity contribution >= 4 is 21.8 Å². The topological polar surface area (TPSA) is 83.3 Å². The van der Waals surface area contributed by atoms with Crippen LogP contribution in [-0.2, 0) is 19.5 Å². The van der Waals surface area contributed by atoms with Crippen LogP contribution in [0, 0.1) is 0 Å². The Morgan fingerprint density at radius 2 is 1.22 bits per heavy atom. The van der Waals surface area contributed by atoms with Gasteiger partial charge in [0.2, 0.25) is 0 Å². The summed E-state index contributed by atoms with van der Waals surface area (Å²) in [5, 5.41) is 2.28. The summed E-state index contributed by atoms with van der Waals surface area (Å²) in [5.74, 6) is 0. The van der Waals surface area contributed by atoms with Crippen LogP contribution < -0.4 is 0 Å². The number of hydrogen-bond acceptors (Lipinski definition) is 3. The van der Waals surface area contributed by atoms with Crippen LogP contribution in [-0.4, -0.2) is 18.0 Å². The molecule has 2 heterocycles. The predicted molar refractivity (Wildman–Crippen MR) is 62.2 cm³/mol. The van der Waals surface area contributed by atoms with Gasteiger partial charge in [0.15, 0.2) is 0 Å². The minimum Gasteiger partial charge on any atom is -0.254 e. The molecule has 0 saturated heterocycles. The van der Waals surface area contributed by atoms with Crippen LogP contribution in [0.5, 0.6) is 0 Å². The Bertz CT molecular complexity index is 644. The molecule has 0 bridgehead atoms. The molecule has 2 aromatic heterocycles. The zero-order valence-corrected chi connectivity index (χ0v) is 10.7. The van der Waals surface area contributed by atoms with E-state index in [9.17, 15) is 0 Å². The van der Waals surface area contributed by atoms with E-state index in [1.54, 1.807) is 12.4 Å². The Labute approximate surface area is 108 Å². The van der Waals surface area contributed by atoms with Gasteiger partial charge in [0.1, 0.15) is 0 Å².